The smallest absolute Gasteiger partial charge is 0.231 e. The van der Waals surface area contributed by atoms with E-state index in [1.54, 1.807) is 25.1 Å². The molecule has 8 heteroatoms. The van der Waals surface area contributed by atoms with Crippen molar-refractivity contribution in [1.82, 2.24) is 4.98 Å². The van der Waals surface area contributed by atoms with Crippen LogP contribution in [0.3, 0.4) is 0 Å². The van der Waals surface area contributed by atoms with Crippen molar-refractivity contribution in [1.29, 1.82) is 0 Å². The Morgan fingerprint density at radius 2 is 1.64 bits per heavy atom. The third-order valence-corrected chi connectivity index (χ3v) is 4.50. The summed E-state index contributed by atoms with van der Waals surface area (Å²) < 4.78 is 27.0. The molecule has 1 N–H and O–H groups in total. The van der Waals surface area contributed by atoms with Crippen LogP contribution in [0.15, 0.2) is 40.8 Å². The van der Waals surface area contributed by atoms with Gasteiger partial charge in [0.25, 0.3) is 0 Å². The summed E-state index contributed by atoms with van der Waals surface area (Å²) in [5.74, 6) is 3.44. The molecular weight excluding hydrogens is 364 g/mol. The van der Waals surface area contributed by atoms with E-state index >= 15 is 0 Å². The third-order valence-electron chi connectivity index (χ3n) is 4.50. The first-order valence-corrected chi connectivity index (χ1v) is 8.71. The van der Waals surface area contributed by atoms with Gasteiger partial charge < -0.3 is 28.7 Å². The Bertz CT molecular complexity index is 1070. The Kier molecular flexibility index (Phi) is 3.82. The molecule has 1 aromatic heterocycles. The van der Waals surface area contributed by atoms with Crippen molar-refractivity contribution in [3.63, 3.8) is 0 Å². The molecule has 2 aliphatic heterocycles. The molecule has 0 aliphatic carbocycles. The zero-order chi connectivity index (χ0) is 19.1. The van der Waals surface area contributed by atoms with Crippen molar-refractivity contribution in [2.45, 2.75) is 13.3 Å². The summed E-state index contributed by atoms with van der Waals surface area (Å²) >= 11 is 0. The number of benzene rings is 2. The number of nitrogens with zero attached hydrogens (tertiary/aromatic N) is 1. The van der Waals surface area contributed by atoms with Gasteiger partial charge in [0.05, 0.1) is 12.1 Å². The summed E-state index contributed by atoms with van der Waals surface area (Å²) in [6.45, 7) is 2.18. The van der Waals surface area contributed by atoms with E-state index in [9.17, 15) is 4.79 Å². The van der Waals surface area contributed by atoms with Crippen molar-refractivity contribution in [3.05, 3.63) is 47.9 Å². The van der Waals surface area contributed by atoms with Crippen LogP contribution < -0.4 is 24.3 Å². The van der Waals surface area contributed by atoms with E-state index in [2.05, 4.69) is 10.3 Å². The molecule has 28 heavy (non-hydrogen) atoms. The Balaban J connectivity index is 1.31. The number of nitrogens with one attached hydrogen (secondary N) is 1. The molecular formula is C20H16N2O6. The lowest BCUT2D eigenvalue weighted by Gasteiger charge is -2.05. The van der Waals surface area contributed by atoms with Crippen molar-refractivity contribution in [2.75, 3.05) is 18.9 Å². The summed E-state index contributed by atoms with van der Waals surface area (Å²) in [5.41, 5.74) is 1.96. The van der Waals surface area contributed by atoms with Gasteiger partial charge in [0.1, 0.15) is 5.76 Å². The van der Waals surface area contributed by atoms with Crippen LogP contribution in [-0.4, -0.2) is 24.5 Å². The number of anilines is 1. The fourth-order valence-corrected chi connectivity index (χ4v) is 3.08. The van der Waals surface area contributed by atoms with Gasteiger partial charge in [0.15, 0.2) is 23.0 Å². The first-order chi connectivity index (χ1) is 13.7. The second kappa shape index (κ2) is 6.49. The quantitative estimate of drug-likeness (QED) is 0.742. The molecule has 2 aliphatic rings. The molecule has 5 rings (SSSR count). The monoisotopic (exact) mass is 380 g/mol. The summed E-state index contributed by atoms with van der Waals surface area (Å²) in [6, 6.07) is 10.7. The Hall–Kier alpha value is -3.68. The number of carbonyl (C=O) groups is 1. The van der Waals surface area contributed by atoms with Crippen LogP contribution in [0.5, 0.6) is 23.0 Å². The maximum absolute atomic E-state index is 12.4. The van der Waals surface area contributed by atoms with Crippen molar-refractivity contribution in [2.24, 2.45) is 0 Å². The topological polar surface area (TPSA) is 92.1 Å². The van der Waals surface area contributed by atoms with Crippen LogP contribution in [0.25, 0.3) is 11.5 Å². The first-order valence-electron chi connectivity index (χ1n) is 8.71. The third kappa shape index (κ3) is 2.98. The number of hydrogen-bond donors (Lipinski definition) is 1. The molecule has 0 saturated carbocycles. The maximum atomic E-state index is 12.4. The minimum Gasteiger partial charge on any atom is -0.454 e. The van der Waals surface area contributed by atoms with Crippen LogP contribution in [0.1, 0.15) is 11.5 Å². The van der Waals surface area contributed by atoms with Crippen LogP contribution in [0, 0.1) is 6.92 Å². The van der Waals surface area contributed by atoms with Gasteiger partial charge in [0, 0.05) is 17.3 Å². The largest absolute Gasteiger partial charge is 0.454 e. The molecule has 0 fully saturated rings. The molecule has 0 spiro atoms. The first kappa shape index (κ1) is 16.5. The van der Waals surface area contributed by atoms with E-state index in [1.807, 2.05) is 18.2 Å². The summed E-state index contributed by atoms with van der Waals surface area (Å²) in [7, 11) is 0. The zero-order valence-electron chi connectivity index (χ0n) is 15.0. The summed E-state index contributed by atoms with van der Waals surface area (Å²) in [5, 5.41) is 2.84. The minimum absolute atomic E-state index is 0.0916. The molecule has 0 radical (unpaired) electrons. The van der Waals surface area contributed by atoms with Gasteiger partial charge >= 0.3 is 0 Å². The number of rotatable bonds is 4. The van der Waals surface area contributed by atoms with Crippen LogP contribution in [0.2, 0.25) is 0 Å². The van der Waals surface area contributed by atoms with Crippen LogP contribution in [0.4, 0.5) is 5.69 Å². The highest BCUT2D eigenvalue weighted by atomic mass is 16.7. The number of aromatic nitrogens is 1. The van der Waals surface area contributed by atoms with Crippen molar-refractivity contribution < 1.29 is 28.2 Å². The number of amides is 1. The molecule has 0 unspecified atom stereocenters. The van der Waals surface area contributed by atoms with E-state index < -0.39 is 0 Å². The second-order valence-electron chi connectivity index (χ2n) is 6.38. The lowest BCUT2D eigenvalue weighted by Crippen LogP contribution is -2.15. The van der Waals surface area contributed by atoms with Gasteiger partial charge in [-0.2, -0.15) is 0 Å². The van der Waals surface area contributed by atoms with E-state index in [0.717, 1.165) is 5.56 Å². The number of ether oxygens (including phenoxy) is 4. The fourth-order valence-electron chi connectivity index (χ4n) is 3.08. The van der Waals surface area contributed by atoms with Gasteiger partial charge in [-0.1, -0.05) is 0 Å². The number of carbonyl (C=O) groups excluding carboxylic acids is 1. The van der Waals surface area contributed by atoms with Gasteiger partial charge in [-0.15, -0.1) is 0 Å². The van der Waals surface area contributed by atoms with E-state index in [1.165, 1.54) is 0 Å². The molecule has 3 heterocycles. The molecule has 1 amide bonds. The van der Waals surface area contributed by atoms with E-state index in [4.69, 9.17) is 23.4 Å². The van der Waals surface area contributed by atoms with Crippen molar-refractivity contribution >= 4 is 11.6 Å². The molecule has 2 aromatic carbocycles. The van der Waals surface area contributed by atoms with E-state index in [0.29, 0.717) is 46.0 Å². The lowest BCUT2D eigenvalue weighted by atomic mass is 10.2. The zero-order valence-corrected chi connectivity index (χ0v) is 15.0. The van der Waals surface area contributed by atoms with Crippen molar-refractivity contribution in [3.8, 4) is 34.5 Å². The lowest BCUT2D eigenvalue weighted by molar-refractivity contribution is -0.115. The summed E-state index contributed by atoms with van der Waals surface area (Å²) in [4.78, 5) is 16.9. The average Bonchev–Trinajstić information content (AvgIpc) is 3.41. The van der Waals surface area contributed by atoms with E-state index in [-0.39, 0.29) is 25.9 Å². The predicted octanol–water partition coefficient (Wildman–Crippen LogP) is 3.29. The highest BCUT2D eigenvalue weighted by molar-refractivity contribution is 5.92. The predicted molar refractivity (Wildman–Crippen MR) is 97.7 cm³/mol. The number of hydrogen-bond acceptors (Lipinski definition) is 7. The van der Waals surface area contributed by atoms with Gasteiger partial charge in [-0.3, -0.25) is 4.79 Å². The number of oxazole rings is 1. The Morgan fingerprint density at radius 3 is 2.43 bits per heavy atom. The highest BCUT2D eigenvalue weighted by Crippen LogP contribution is 2.36. The second-order valence-corrected chi connectivity index (χ2v) is 6.38. The Morgan fingerprint density at radius 1 is 0.964 bits per heavy atom. The number of aryl methyl sites for hydroxylation is 1. The Labute approximate surface area is 160 Å². The standard InChI is InChI=1S/C20H16N2O6/c1-11-14(8-19(23)21-13-3-5-16-18(7-13)27-10-25-16)22-20(28-11)12-2-4-15-17(6-12)26-9-24-15/h2-7H,8-10H2,1H3,(H,21,23). The minimum atomic E-state index is -0.201. The van der Waals surface area contributed by atoms with Gasteiger partial charge in [-0.25, -0.2) is 4.98 Å². The van der Waals surface area contributed by atoms with Crippen LogP contribution in [-0.2, 0) is 11.2 Å². The van der Waals surface area contributed by atoms with Crippen LogP contribution >= 0.6 is 0 Å². The number of fused-ring (bicyclic) bond motifs is 2. The molecule has 3 aromatic rings. The molecule has 8 nitrogen and oxygen atoms in total. The fraction of sp³-hybridized carbons (Fsp3) is 0.200. The molecule has 0 saturated heterocycles. The van der Waals surface area contributed by atoms with Gasteiger partial charge in [0.2, 0.25) is 25.4 Å². The summed E-state index contributed by atoms with van der Waals surface area (Å²) in [6.07, 6.45) is 0.0916. The SMILES string of the molecule is Cc1oc(-c2ccc3c(c2)OCO3)nc1CC(=O)Nc1ccc2c(c1)OCO2. The molecule has 0 bridgehead atoms. The average molecular weight is 380 g/mol. The molecule has 0 atom stereocenters. The normalized spacial score (nSPS) is 13.6. The molecule has 142 valence electrons. The van der Waals surface area contributed by atoms with Gasteiger partial charge in [-0.05, 0) is 37.3 Å². The highest BCUT2D eigenvalue weighted by Gasteiger charge is 2.19. The maximum Gasteiger partial charge on any atom is 0.231 e.